The van der Waals surface area contributed by atoms with E-state index in [9.17, 15) is 15.2 Å². The Balaban J connectivity index is 2.42. The molecular formula is C12H8ClNO3S. The predicted octanol–water partition coefficient (Wildman–Crippen LogP) is 4.11. The molecule has 0 aliphatic rings. The molecule has 0 aromatic heterocycles. The molecule has 0 radical (unpaired) electrons. The topological polar surface area (TPSA) is 63.4 Å². The van der Waals surface area contributed by atoms with Crippen molar-refractivity contribution in [1.29, 1.82) is 0 Å². The van der Waals surface area contributed by atoms with Gasteiger partial charge in [0, 0.05) is 11.0 Å². The Hall–Kier alpha value is -1.72. The van der Waals surface area contributed by atoms with E-state index in [4.69, 9.17) is 11.6 Å². The second-order valence-corrected chi connectivity index (χ2v) is 4.94. The SMILES string of the molecule is O=[N+]([O-])c1cccc(Cl)c1Sc1cccc(O)c1. The van der Waals surface area contributed by atoms with Gasteiger partial charge in [-0.3, -0.25) is 10.1 Å². The van der Waals surface area contributed by atoms with Crippen LogP contribution in [0.3, 0.4) is 0 Å². The van der Waals surface area contributed by atoms with Gasteiger partial charge in [0.05, 0.1) is 9.95 Å². The first-order valence-electron chi connectivity index (χ1n) is 4.97. The third-order valence-corrected chi connectivity index (χ3v) is 3.73. The third-order valence-electron chi connectivity index (χ3n) is 2.18. The van der Waals surface area contributed by atoms with Crippen LogP contribution in [0.25, 0.3) is 0 Å². The van der Waals surface area contributed by atoms with Gasteiger partial charge >= 0.3 is 0 Å². The Morgan fingerprint density at radius 2 is 1.94 bits per heavy atom. The summed E-state index contributed by atoms with van der Waals surface area (Å²) in [4.78, 5) is 11.5. The monoisotopic (exact) mass is 281 g/mol. The molecule has 0 heterocycles. The van der Waals surface area contributed by atoms with Gasteiger partial charge in [0.1, 0.15) is 10.6 Å². The van der Waals surface area contributed by atoms with Gasteiger partial charge in [0.25, 0.3) is 5.69 Å². The van der Waals surface area contributed by atoms with E-state index >= 15 is 0 Å². The summed E-state index contributed by atoms with van der Waals surface area (Å²) in [5, 5.41) is 20.6. The molecule has 0 amide bonds. The summed E-state index contributed by atoms with van der Waals surface area (Å²) in [6, 6.07) is 11.0. The van der Waals surface area contributed by atoms with Gasteiger partial charge in [-0.2, -0.15) is 0 Å². The van der Waals surface area contributed by atoms with E-state index in [1.807, 2.05) is 0 Å². The smallest absolute Gasteiger partial charge is 0.284 e. The fraction of sp³-hybridized carbons (Fsp3) is 0. The second-order valence-electron chi connectivity index (χ2n) is 3.44. The number of phenols is 1. The molecule has 2 aromatic rings. The number of hydrogen-bond acceptors (Lipinski definition) is 4. The number of nitro benzene ring substituents is 1. The minimum Gasteiger partial charge on any atom is -0.508 e. The van der Waals surface area contributed by atoms with E-state index in [0.29, 0.717) is 14.8 Å². The summed E-state index contributed by atoms with van der Waals surface area (Å²) in [5.74, 6) is 0.106. The molecule has 0 fully saturated rings. The molecule has 0 saturated heterocycles. The summed E-state index contributed by atoms with van der Waals surface area (Å²) in [6.07, 6.45) is 0. The number of phenolic OH excluding ortho intramolecular Hbond substituents is 1. The summed E-state index contributed by atoms with van der Waals surface area (Å²) in [6.45, 7) is 0. The molecule has 0 unspecified atom stereocenters. The lowest BCUT2D eigenvalue weighted by atomic mass is 10.3. The first kappa shape index (κ1) is 12.7. The molecule has 1 N–H and O–H groups in total. The first-order valence-corrected chi connectivity index (χ1v) is 6.17. The molecule has 0 saturated carbocycles. The van der Waals surface area contributed by atoms with Gasteiger partial charge in [0.2, 0.25) is 0 Å². The van der Waals surface area contributed by atoms with Gasteiger partial charge in [-0.15, -0.1) is 0 Å². The molecule has 92 valence electrons. The Morgan fingerprint density at radius 1 is 1.22 bits per heavy atom. The highest BCUT2D eigenvalue weighted by atomic mass is 35.5. The summed E-state index contributed by atoms with van der Waals surface area (Å²) < 4.78 is 0. The van der Waals surface area contributed by atoms with Crippen LogP contribution < -0.4 is 0 Å². The number of benzene rings is 2. The van der Waals surface area contributed by atoms with Crippen LogP contribution in [0.2, 0.25) is 5.02 Å². The molecule has 0 aliphatic carbocycles. The van der Waals surface area contributed by atoms with Crippen LogP contribution in [-0.2, 0) is 0 Å². The van der Waals surface area contributed by atoms with Crippen LogP contribution >= 0.6 is 23.4 Å². The highest BCUT2D eigenvalue weighted by Crippen LogP contribution is 2.40. The maximum atomic E-state index is 10.9. The molecule has 0 spiro atoms. The van der Waals surface area contributed by atoms with Crippen molar-refractivity contribution in [3.63, 3.8) is 0 Å². The van der Waals surface area contributed by atoms with Crippen molar-refractivity contribution in [2.24, 2.45) is 0 Å². The van der Waals surface area contributed by atoms with E-state index in [1.54, 1.807) is 18.2 Å². The zero-order chi connectivity index (χ0) is 13.1. The van der Waals surface area contributed by atoms with E-state index in [-0.39, 0.29) is 11.4 Å². The van der Waals surface area contributed by atoms with Crippen LogP contribution in [0.5, 0.6) is 5.75 Å². The van der Waals surface area contributed by atoms with Gasteiger partial charge < -0.3 is 5.11 Å². The van der Waals surface area contributed by atoms with Crippen molar-refractivity contribution in [2.75, 3.05) is 0 Å². The molecule has 2 rings (SSSR count). The Labute approximate surface area is 112 Å². The predicted molar refractivity (Wildman–Crippen MR) is 70.3 cm³/mol. The van der Waals surface area contributed by atoms with E-state index in [0.717, 1.165) is 11.8 Å². The summed E-state index contributed by atoms with van der Waals surface area (Å²) >= 11 is 7.13. The lowest BCUT2D eigenvalue weighted by molar-refractivity contribution is -0.387. The van der Waals surface area contributed by atoms with Crippen molar-refractivity contribution >= 4 is 29.1 Å². The highest BCUT2D eigenvalue weighted by Gasteiger charge is 2.17. The summed E-state index contributed by atoms with van der Waals surface area (Å²) in [5.41, 5.74) is -0.0455. The van der Waals surface area contributed by atoms with E-state index < -0.39 is 4.92 Å². The normalized spacial score (nSPS) is 10.3. The van der Waals surface area contributed by atoms with Crippen LogP contribution in [0, 0.1) is 10.1 Å². The molecule has 0 bridgehead atoms. The van der Waals surface area contributed by atoms with Gasteiger partial charge in [0.15, 0.2) is 0 Å². The third kappa shape index (κ3) is 2.75. The minimum atomic E-state index is -0.475. The Morgan fingerprint density at radius 3 is 2.61 bits per heavy atom. The zero-order valence-corrected chi connectivity index (χ0v) is 10.6. The van der Waals surface area contributed by atoms with Crippen molar-refractivity contribution < 1.29 is 10.0 Å². The molecule has 18 heavy (non-hydrogen) atoms. The maximum absolute atomic E-state index is 10.9. The number of nitrogens with zero attached hydrogens (tertiary/aromatic N) is 1. The van der Waals surface area contributed by atoms with Gasteiger partial charge in [-0.05, 0) is 24.3 Å². The largest absolute Gasteiger partial charge is 0.508 e. The lowest BCUT2D eigenvalue weighted by Gasteiger charge is -2.05. The molecule has 6 heteroatoms. The molecule has 0 aliphatic heterocycles. The highest BCUT2D eigenvalue weighted by molar-refractivity contribution is 7.99. The molecule has 2 aromatic carbocycles. The van der Waals surface area contributed by atoms with Crippen molar-refractivity contribution in [3.05, 3.63) is 57.6 Å². The minimum absolute atomic E-state index is 0.0455. The second kappa shape index (κ2) is 5.29. The number of halogens is 1. The molecular weight excluding hydrogens is 274 g/mol. The number of nitro groups is 1. The summed E-state index contributed by atoms with van der Waals surface area (Å²) in [7, 11) is 0. The number of hydrogen-bond donors (Lipinski definition) is 1. The standard InChI is InChI=1S/C12H8ClNO3S/c13-10-5-2-6-11(14(16)17)12(10)18-9-4-1-3-8(15)7-9/h1-7,15H. The van der Waals surface area contributed by atoms with E-state index in [2.05, 4.69) is 0 Å². The number of rotatable bonds is 3. The van der Waals surface area contributed by atoms with Crippen molar-refractivity contribution in [1.82, 2.24) is 0 Å². The average molecular weight is 282 g/mol. The molecule has 4 nitrogen and oxygen atoms in total. The van der Waals surface area contributed by atoms with Gasteiger partial charge in [-0.1, -0.05) is 35.5 Å². The van der Waals surface area contributed by atoms with Crippen molar-refractivity contribution in [3.8, 4) is 5.75 Å². The molecule has 0 atom stereocenters. The Bertz CT molecular complexity index is 604. The fourth-order valence-electron chi connectivity index (χ4n) is 1.41. The zero-order valence-electron chi connectivity index (χ0n) is 9.04. The first-order chi connectivity index (χ1) is 8.58. The van der Waals surface area contributed by atoms with Crippen LogP contribution in [0.15, 0.2) is 52.3 Å². The maximum Gasteiger partial charge on any atom is 0.284 e. The quantitative estimate of drug-likeness (QED) is 0.679. The lowest BCUT2D eigenvalue weighted by Crippen LogP contribution is -1.91. The van der Waals surface area contributed by atoms with Gasteiger partial charge in [-0.25, -0.2) is 0 Å². The Kier molecular flexibility index (Phi) is 3.74. The number of aromatic hydroxyl groups is 1. The van der Waals surface area contributed by atoms with Crippen molar-refractivity contribution in [2.45, 2.75) is 9.79 Å². The van der Waals surface area contributed by atoms with E-state index in [1.165, 1.54) is 24.3 Å². The average Bonchev–Trinajstić information content (AvgIpc) is 2.31. The van der Waals surface area contributed by atoms with Crippen LogP contribution in [0.1, 0.15) is 0 Å². The van der Waals surface area contributed by atoms with Crippen LogP contribution in [0.4, 0.5) is 5.69 Å². The fourth-order valence-corrected chi connectivity index (χ4v) is 2.67. The van der Waals surface area contributed by atoms with Crippen LogP contribution in [-0.4, -0.2) is 10.0 Å².